The molecule has 2 aromatic heterocycles. The summed E-state index contributed by atoms with van der Waals surface area (Å²) in [7, 11) is -3.36. The van der Waals surface area contributed by atoms with Crippen LogP contribution in [0.25, 0.3) is 20.9 Å². The fraction of sp³-hybridized carbons (Fsp3) is 0.105. The van der Waals surface area contributed by atoms with Gasteiger partial charge in [0.1, 0.15) is 4.88 Å². The number of carbonyl (C=O) groups excluding carboxylic acids is 1. The molecule has 30 heavy (non-hydrogen) atoms. The van der Waals surface area contributed by atoms with E-state index in [1.54, 1.807) is 12.1 Å². The highest BCUT2D eigenvalue weighted by atomic mass is 35.5. The van der Waals surface area contributed by atoms with Gasteiger partial charge < -0.3 is 4.42 Å². The minimum atomic E-state index is -3.36. The third-order valence-corrected chi connectivity index (χ3v) is 7.06. The second-order valence-electron chi connectivity index (χ2n) is 6.28. The van der Waals surface area contributed by atoms with Crippen molar-refractivity contribution in [1.29, 1.82) is 0 Å². The fourth-order valence-corrected chi connectivity index (χ4v) is 5.32. The summed E-state index contributed by atoms with van der Waals surface area (Å²) in [5, 5.41) is 9.80. The first-order chi connectivity index (χ1) is 14.3. The van der Waals surface area contributed by atoms with Gasteiger partial charge in [-0.25, -0.2) is 8.42 Å². The molecule has 0 aliphatic carbocycles. The molecule has 0 unspecified atom stereocenters. The van der Waals surface area contributed by atoms with Crippen LogP contribution in [0.4, 0.5) is 5.69 Å². The predicted octanol–water partition coefficient (Wildman–Crippen LogP) is 4.95. The highest BCUT2D eigenvalue weighted by Crippen LogP contribution is 2.41. The van der Waals surface area contributed by atoms with Crippen LogP contribution in [0.5, 0.6) is 0 Å². The van der Waals surface area contributed by atoms with Crippen LogP contribution >= 0.6 is 34.7 Å². The van der Waals surface area contributed by atoms with E-state index in [2.05, 4.69) is 14.9 Å². The van der Waals surface area contributed by atoms with Crippen LogP contribution in [0.3, 0.4) is 0 Å². The minimum absolute atomic E-state index is 0.0979. The van der Waals surface area contributed by atoms with Crippen molar-refractivity contribution in [3.8, 4) is 10.8 Å². The number of aromatic nitrogens is 2. The molecule has 0 aliphatic rings. The zero-order valence-corrected chi connectivity index (χ0v) is 18.7. The number of anilines is 1. The van der Waals surface area contributed by atoms with Crippen LogP contribution in [-0.2, 0) is 10.0 Å². The van der Waals surface area contributed by atoms with Gasteiger partial charge in [-0.2, -0.15) is 0 Å². The van der Waals surface area contributed by atoms with E-state index in [4.69, 9.17) is 16.0 Å². The predicted molar refractivity (Wildman–Crippen MR) is 120 cm³/mol. The minimum Gasteiger partial charge on any atom is -0.410 e. The molecule has 0 amide bonds. The zero-order chi connectivity index (χ0) is 21.3. The number of ketones is 1. The number of thiophene rings is 1. The number of hydrogen-bond donors (Lipinski definition) is 1. The second kappa shape index (κ2) is 8.38. The summed E-state index contributed by atoms with van der Waals surface area (Å²) in [6, 6.07) is 13.9. The molecule has 11 heteroatoms. The molecule has 7 nitrogen and oxygen atoms in total. The number of hydrogen-bond acceptors (Lipinski definition) is 8. The Hall–Kier alpha value is -2.40. The molecule has 2 aromatic carbocycles. The fourth-order valence-electron chi connectivity index (χ4n) is 2.66. The molecule has 0 aliphatic heterocycles. The maximum absolute atomic E-state index is 12.4. The lowest BCUT2D eigenvalue weighted by molar-refractivity contribution is 0.102. The third kappa shape index (κ3) is 4.67. The first-order valence-corrected chi connectivity index (χ1v) is 12.6. The number of halogens is 1. The summed E-state index contributed by atoms with van der Waals surface area (Å²) in [6.07, 6.45) is 1.06. The number of thioether (sulfide) groups is 1. The van der Waals surface area contributed by atoms with E-state index in [1.807, 2.05) is 24.3 Å². The molecular weight excluding hydrogens is 466 g/mol. The Bertz CT molecular complexity index is 1330. The van der Waals surface area contributed by atoms with E-state index in [9.17, 15) is 13.2 Å². The lowest BCUT2D eigenvalue weighted by Crippen LogP contribution is -2.10. The number of benzene rings is 2. The Kier molecular flexibility index (Phi) is 5.83. The van der Waals surface area contributed by atoms with Crippen molar-refractivity contribution in [1.82, 2.24) is 10.2 Å². The summed E-state index contributed by atoms with van der Waals surface area (Å²) in [4.78, 5) is 13.1. The lowest BCUT2D eigenvalue weighted by atomic mass is 10.1. The maximum Gasteiger partial charge on any atom is 0.277 e. The van der Waals surface area contributed by atoms with Crippen molar-refractivity contribution in [3.05, 3.63) is 59.1 Å². The van der Waals surface area contributed by atoms with Gasteiger partial charge in [0, 0.05) is 21.3 Å². The largest absolute Gasteiger partial charge is 0.410 e. The molecule has 0 saturated carbocycles. The first-order valence-electron chi connectivity index (χ1n) is 8.55. The quantitative estimate of drug-likeness (QED) is 0.295. The highest BCUT2D eigenvalue weighted by molar-refractivity contribution is 7.99. The van der Waals surface area contributed by atoms with Gasteiger partial charge in [-0.3, -0.25) is 9.52 Å². The maximum atomic E-state index is 12.4. The average molecular weight is 480 g/mol. The number of nitrogens with one attached hydrogen (secondary N) is 1. The molecule has 4 rings (SSSR count). The normalized spacial score (nSPS) is 11.7. The van der Waals surface area contributed by atoms with Gasteiger partial charge in [0.05, 0.1) is 17.0 Å². The summed E-state index contributed by atoms with van der Waals surface area (Å²) in [6.45, 7) is 0. The summed E-state index contributed by atoms with van der Waals surface area (Å²) < 4.78 is 31.5. The Labute approximate surface area is 185 Å². The van der Waals surface area contributed by atoms with E-state index in [0.29, 0.717) is 27.0 Å². The SMILES string of the molecule is CS(=O)(=O)Nc1ccc(C(=O)CSc2nnc(-c3sc4ccccc4c3Cl)o2)cc1. The van der Waals surface area contributed by atoms with E-state index in [-0.39, 0.29) is 16.8 Å². The van der Waals surface area contributed by atoms with E-state index >= 15 is 0 Å². The van der Waals surface area contributed by atoms with Crippen LogP contribution in [-0.4, -0.2) is 36.4 Å². The third-order valence-electron chi connectivity index (χ3n) is 3.97. The van der Waals surface area contributed by atoms with Gasteiger partial charge >= 0.3 is 0 Å². The second-order valence-corrected chi connectivity index (χ2v) is 10.4. The van der Waals surface area contributed by atoms with E-state index in [0.717, 1.165) is 28.1 Å². The van der Waals surface area contributed by atoms with Gasteiger partial charge in [-0.15, -0.1) is 21.5 Å². The summed E-state index contributed by atoms with van der Waals surface area (Å²) in [5.41, 5.74) is 0.845. The van der Waals surface area contributed by atoms with E-state index in [1.165, 1.54) is 23.5 Å². The molecular formula is C19H14ClN3O4S3. The van der Waals surface area contributed by atoms with Crippen LogP contribution < -0.4 is 4.72 Å². The molecule has 4 aromatic rings. The highest BCUT2D eigenvalue weighted by Gasteiger charge is 2.18. The van der Waals surface area contributed by atoms with Gasteiger partial charge in [-0.1, -0.05) is 41.6 Å². The van der Waals surface area contributed by atoms with Crippen molar-refractivity contribution in [3.63, 3.8) is 0 Å². The molecule has 1 N–H and O–H groups in total. The average Bonchev–Trinajstić information content (AvgIpc) is 3.30. The standard InChI is InChI=1S/C19H14ClN3O4S3/c1-30(25,26)23-12-8-6-11(7-9-12)14(24)10-28-19-22-21-18(27-19)17-16(20)13-4-2-3-5-15(13)29-17/h2-9,23H,10H2,1H3. The first kappa shape index (κ1) is 20.9. The van der Waals surface area contributed by atoms with Crippen LogP contribution in [0.2, 0.25) is 5.02 Å². The molecule has 2 heterocycles. The zero-order valence-electron chi connectivity index (χ0n) is 15.5. The number of sulfonamides is 1. The van der Waals surface area contributed by atoms with Crippen molar-refractivity contribution >= 4 is 66.3 Å². The smallest absolute Gasteiger partial charge is 0.277 e. The van der Waals surface area contributed by atoms with Gasteiger partial charge in [0.2, 0.25) is 10.0 Å². The molecule has 0 saturated heterocycles. The topological polar surface area (TPSA) is 102 Å². The molecule has 0 bridgehead atoms. The Morgan fingerprint density at radius 3 is 2.60 bits per heavy atom. The number of fused-ring (bicyclic) bond motifs is 1. The summed E-state index contributed by atoms with van der Waals surface area (Å²) in [5.74, 6) is 0.263. The monoisotopic (exact) mass is 479 g/mol. The number of Topliss-reactive ketones (excluding diaryl/α,β-unsaturated/α-hetero) is 1. The van der Waals surface area contributed by atoms with Crippen molar-refractivity contribution in [2.45, 2.75) is 5.22 Å². The van der Waals surface area contributed by atoms with Crippen molar-refractivity contribution in [2.75, 3.05) is 16.7 Å². The molecule has 0 atom stereocenters. The summed E-state index contributed by atoms with van der Waals surface area (Å²) >= 11 is 9.03. The molecule has 154 valence electrons. The van der Waals surface area contributed by atoms with Crippen molar-refractivity contribution < 1.29 is 17.6 Å². The Morgan fingerprint density at radius 1 is 1.17 bits per heavy atom. The number of nitrogens with zero attached hydrogens (tertiary/aromatic N) is 2. The lowest BCUT2D eigenvalue weighted by Gasteiger charge is -2.04. The van der Waals surface area contributed by atoms with Gasteiger partial charge in [0.15, 0.2) is 5.78 Å². The number of rotatable bonds is 7. The van der Waals surface area contributed by atoms with Crippen molar-refractivity contribution in [2.24, 2.45) is 0 Å². The molecule has 0 fully saturated rings. The van der Waals surface area contributed by atoms with Gasteiger partial charge in [0.25, 0.3) is 11.1 Å². The Morgan fingerprint density at radius 2 is 1.90 bits per heavy atom. The van der Waals surface area contributed by atoms with Gasteiger partial charge in [-0.05, 0) is 30.3 Å². The number of carbonyl (C=O) groups is 1. The van der Waals surface area contributed by atoms with E-state index < -0.39 is 10.0 Å². The van der Waals surface area contributed by atoms with Crippen LogP contribution in [0.15, 0.2) is 58.2 Å². The Balaban J connectivity index is 1.43. The van der Waals surface area contributed by atoms with Crippen LogP contribution in [0, 0.1) is 0 Å². The molecule has 0 spiro atoms. The molecule has 0 radical (unpaired) electrons. The van der Waals surface area contributed by atoms with Crippen LogP contribution in [0.1, 0.15) is 10.4 Å².